The molecule has 0 saturated heterocycles. The SMILES string of the molecule is Ic1cccc(-n2c3ccc(-c4c5ccccc5c(-c5ccccc5)c5ccccc45)cc3c3cccnc32)c1.Ic1cccc(I)c1.c1ccc(-c2c3ccccc3c(-c3ccc4c(c3)-c3cccnc3C4)c3ccccc23)cc1. The van der Waals surface area contributed by atoms with Gasteiger partial charge in [-0.2, -0.15) is 0 Å². The second kappa shape index (κ2) is 22.1. The lowest BCUT2D eigenvalue weighted by molar-refractivity contribution is 1.12. The van der Waals surface area contributed by atoms with Gasteiger partial charge >= 0.3 is 0 Å². The number of hydrogen-bond acceptors (Lipinski definition) is 2. The fourth-order valence-corrected chi connectivity index (χ4v) is 14.4. The molecular weight excluding hydrogens is 1320 g/mol. The fraction of sp³-hybridized carbons (Fsp3) is 0.0133. The summed E-state index contributed by atoms with van der Waals surface area (Å²) in [6.45, 7) is 0. The van der Waals surface area contributed by atoms with Gasteiger partial charge in [-0.25, -0.2) is 4.98 Å². The van der Waals surface area contributed by atoms with Crippen molar-refractivity contribution in [1.29, 1.82) is 0 Å². The van der Waals surface area contributed by atoms with Crippen molar-refractivity contribution in [1.82, 2.24) is 14.5 Å². The van der Waals surface area contributed by atoms with E-state index in [1.165, 1.54) is 126 Å². The number of halogens is 3. The summed E-state index contributed by atoms with van der Waals surface area (Å²) >= 11 is 6.98. The van der Waals surface area contributed by atoms with Crippen molar-refractivity contribution >= 4 is 133 Å². The Morgan fingerprint density at radius 2 is 0.728 bits per heavy atom. The van der Waals surface area contributed by atoms with Crippen molar-refractivity contribution in [3.05, 3.63) is 301 Å². The van der Waals surface area contributed by atoms with Crippen LogP contribution in [-0.4, -0.2) is 14.5 Å². The van der Waals surface area contributed by atoms with E-state index in [2.05, 4.69) is 332 Å². The van der Waals surface area contributed by atoms with Gasteiger partial charge in [-0.05, 0) is 239 Å². The highest BCUT2D eigenvalue weighted by atomic mass is 127. The Kier molecular flexibility index (Phi) is 14.0. The molecule has 0 bridgehead atoms. The van der Waals surface area contributed by atoms with E-state index >= 15 is 0 Å². The predicted molar refractivity (Wildman–Crippen MR) is 367 cm³/mol. The van der Waals surface area contributed by atoms with Gasteiger partial charge in [0.05, 0.1) is 11.2 Å². The summed E-state index contributed by atoms with van der Waals surface area (Å²) in [7, 11) is 0. The molecule has 0 saturated carbocycles. The number of nitrogens with zero attached hydrogens (tertiary/aromatic N) is 3. The van der Waals surface area contributed by atoms with E-state index in [0.717, 1.165) is 28.7 Å². The molecule has 0 atom stereocenters. The minimum absolute atomic E-state index is 0.917. The van der Waals surface area contributed by atoms with Crippen molar-refractivity contribution in [2.75, 3.05) is 0 Å². The molecule has 0 amide bonds. The van der Waals surface area contributed by atoms with Crippen LogP contribution in [0.25, 0.3) is 126 Å². The molecule has 0 unspecified atom stereocenters. The summed E-state index contributed by atoms with van der Waals surface area (Å²) in [5.74, 6) is 0. The Labute approximate surface area is 511 Å². The molecular formula is C75H48I3N3. The molecule has 81 heavy (non-hydrogen) atoms. The van der Waals surface area contributed by atoms with Crippen LogP contribution in [0.5, 0.6) is 0 Å². The second-order valence-electron chi connectivity index (χ2n) is 20.3. The van der Waals surface area contributed by atoms with Crippen molar-refractivity contribution in [2.24, 2.45) is 0 Å². The molecule has 1 aliphatic rings. The Bertz CT molecular complexity index is 4760. The van der Waals surface area contributed by atoms with Gasteiger partial charge in [0.25, 0.3) is 0 Å². The highest BCUT2D eigenvalue weighted by Gasteiger charge is 2.23. The largest absolute Gasteiger partial charge is 0.294 e. The summed E-state index contributed by atoms with van der Waals surface area (Å²) in [4.78, 5) is 9.45. The number of fused-ring (bicyclic) bond motifs is 10. The Morgan fingerprint density at radius 1 is 0.296 bits per heavy atom. The van der Waals surface area contributed by atoms with Crippen LogP contribution in [0.1, 0.15) is 11.3 Å². The maximum absolute atomic E-state index is 4.83. The molecule has 0 fully saturated rings. The average Bonchev–Trinajstić information content (AvgIpc) is 4.29. The molecule has 1 aliphatic carbocycles. The summed E-state index contributed by atoms with van der Waals surface area (Å²) < 4.78 is 6.09. The van der Waals surface area contributed by atoms with Gasteiger partial charge in [0.1, 0.15) is 5.65 Å². The molecule has 0 radical (unpaired) electrons. The Morgan fingerprint density at radius 3 is 1.23 bits per heavy atom. The predicted octanol–water partition coefficient (Wildman–Crippen LogP) is 21.6. The lowest BCUT2D eigenvalue weighted by atomic mass is 9.85. The van der Waals surface area contributed by atoms with Crippen LogP contribution in [0.3, 0.4) is 0 Å². The van der Waals surface area contributed by atoms with Gasteiger partial charge in [0, 0.05) is 51.5 Å². The van der Waals surface area contributed by atoms with Gasteiger partial charge < -0.3 is 0 Å². The third-order valence-electron chi connectivity index (χ3n) is 15.6. The first-order valence-electron chi connectivity index (χ1n) is 27.1. The smallest absolute Gasteiger partial charge is 0.145 e. The molecule has 0 N–H and O–H groups in total. The normalized spacial score (nSPS) is 11.6. The van der Waals surface area contributed by atoms with Gasteiger partial charge in [-0.3, -0.25) is 9.55 Å². The molecule has 12 aromatic carbocycles. The van der Waals surface area contributed by atoms with E-state index in [1.54, 1.807) is 0 Å². The topological polar surface area (TPSA) is 30.7 Å². The Hall–Kier alpha value is -8.03. The molecule has 6 heteroatoms. The molecule has 15 aromatic rings. The minimum Gasteiger partial charge on any atom is -0.294 e. The summed E-state index contributed by atoms with van der Waals surface area (Å²) in [6.07, 6.45) is 4.70. The number of aromatic nitrogens is 3. The Balaban J connectivity index is 0.000000130. The highest BCUT2D eigenvalue weighted by Crippen LogP contribution is 2.47. The first kappa shape index (κ1) is 51.1. The lowest BCUT2D eigenvalue weighted by Gasteiger charge is -2.18. The average molecular weight is 1370 g/mol. The van der Waals surface area contributed by atoms with E-state index in [4.69, 9.17) is 4.98 Å². The lowest BCUT2D eigenvalue weighted by Crippen LogP contribution is -1.95. The third-order valence-corrected chi connectivity index (χ3v) is 17.6. The van der Waals surface area contributed by atoms with Gasteiger partial charge in [0.15, 0.2) is 0 Å². The second-order valence-corrected chi connectivity index (χ2v) is 24.1. The molecule has 0 aliphatic heterocycles. The molecule has 3 heterocycles. The highest BCUT2D eigenvalue weighted by molar-refractivity contribution is 14.1. The molecule has 0 spiro atoms. The number of hydrogen-bond donors (Lipinski definition) is 0. The van der Waals surface area contributed by atoms with Crippen LogP contribution in [-0.2, 0) is 6.42 Å². The molecule has 3 nitrogen and oxygen atoms in total. The van der Waals surface area contributed by atoms with E-state index in [0.29, 0.717) is 0 Å². The van der Waals surface area contributed by atoms with Gasteiger partial charge in [-0.15, -0.1) is 0 Å². The quantitative estimate of drug-likeness (QED) is 0.127. The van der Waals surface area contributed by atoms with Crippen LogP contribution in [0.4, 0.5) is 0 Å². The maximum atomic E-state index is 4.83. The van der Waals surface area contributed by atoms with E-state index < -0.39 is 0 Å². The zero-order chi connectivity index (χ0) is 54.4. The van der Waals surface area contributed by atoms with Crippen LogP contribution < -0.4 is 0 Å². The number of rotatable bonds is 5. The van der Waals surface area contributed by atoms with Crippen molar-refractivity contribution in [3.8, 4) is 61.3 Å². The fourth-order valence-electron chi connectivity index (χ4n) is 12.2. The first-order valence-corrected chi connectivity index (χ1v) is 30.3. The number of benzene rings is 12. The zero-order valence-electron chi connectivity index (χ0n) is 43.7. The van der Waals surface area contributed by atoms with E-state index in [-0.39, 0.29) is 0 Å². The van der Waals surface area contributed by atoms with Crippen LogP contribution >= 0.6 is 67.8 Å². The van der Waals surface area contributed by atoms with Crippen LogP contribution in [0.2, 0.25) is 0 Å². The van der Waals surface area contributed by atoms with Crippen LogP contribution in [0, 0.1) is 10.7 Å². The maximum Gasteiger partial charge on any atom is 0.145 e. The van der Waals surface area contributed by atoms with Crippen molar-refractivity contribution in [3.63, 3.8) is 0 Å². The third kappa shape index (κ3) is 9.56. The standard InChI is InChI=1S/C37H23IN2.C32H21N.C6H4I2/c38-26-12-8-13-27(23-26)40-34-20-19-25(22-33(34)32-18-9-21-39-37(32)40)36-30-16-6-4-14-28(30)35(24-10-2-1-3-11-24)29-15-5-7-17-31(29)36;1-2-9-21(10-3-1)31-25-11-4-6-13-27(25)32(28-14-7-5-12-26(28)31)23-17-16-22-20-30-24(29(22)19-23)15-8-18-33-30;7-5-2-1-3-6(8)4-5/h1-23H;1-19H,20H2;1-4H. The molecule has 3 aromatic heterocycles. The monoisotopic (exact) mass is 1370 g/mol. The summed E-state index contributed by atoms with van der Waals surface area (Å²) in [5, 5.41) is 12.6. The molecule has 16 rings (SSSR count). The van der Waals surface area contributed by atoms with Crippen molar-refractivity contribution in [2.45, 2.75) is 6.42 Å². The zero-order valence-corrected chi connectivity index (χ0v) is 50.2. The first-order chi connectivity index (χ1) is 39.9. The summed E-state index contributed by atoms with van der Waals surface area (Å²) in [6, 6.07) is 96.2. The molecule has 384 valence electrons. The van der Waals surface area contributed by atoms with Crippen molar-refractivity contribution < 1.29 is 0 Å². The van der Waals surface area contributed by atoms with E-state index in [1.807, 2.05) is 24.5 Å². The minimum atomic E-state index is 0.917. The van der Waals surface area contributed by atoms with Gasteiger partial charge in [-0.1, -0.05) is 194 Å². The summed E-state index contributed by atoms with van der Waals surface area (Å²) in [5.41, 5.74) is 18.5. The van der Waals surface area contributed by atoms with Crippen LogP contribution in [0.15, 0.2) is 279 Å². The van der Waals surface area contributed by atoms with E-state index in [9.17, 15) is 0 Å². The van der Waals surface area contributed by atoms with Gasteiger partial charge in [0.2, 0.25) is 0 Å². The number of pyridine rings is 2.